The zero-order valence-corrected chi connectivity index (χ0v) is 12.4. The molecule has 2 rings (SSSR count). The van der Waals surface area contributed by atoms with E-state index in [4.69, 9.17) is 10.3 Å². The first-order valence-electron chi connectivity index (χ1n) is 7.62. The monoisotopic (exact) mass is 265 g/mol. The first kappa shape index (κ1) is 14.5. The van der Waals surface area contributed by atoms with Crippen LogP contribution in [-0.4, -0.2) is 16.2 Å². The van der Waals surface area contributed by atoms with Crippen molar-refractivity contribution in [2.45, 2.75) is 71.3 Å². The normalized spacial score (nSPS) is 25.7. The van der Waals surface area contributed by atoms with E-state index in [1.54, 1.807) is 0 Å². The lowest BCUT2D eigenvalue weighted by Crippen LogP contribution is -2.24. The Bertz CT molecular complexity index is 380. The van der Waals surface area contributed by atoms with Crippen molar-refractivity contribution in [3.8, 4) is 0 Å². The molecule has 2 N–H and O–H groups in total. The predicted octanol–water partition coefficient (Wildman–Crippen LogP) is 3.28. The van der Waals surface area contributed by atoms with E-state index in [1.807, 2.05) is 0 Å². The van der Waals surface area contributed by atoms with E-state index in [9.17, 15) is 0 Å². The molecule has 1 aliphatic rings. The van der Waals surface area contributed by atoms with Gasteiger partial charge in [-0.2, -0.15) is 4.98 Å². The number of nitrogens with two attached hydrogens (primary N) is 1. The molecule has 0 bridgehead atoms. The lowest BCUT2D eigenvalue weighted by Gasteiger charge is -2.23. The molecule has 1 heterocycles. The lowest BCUT2D eigenvalue weighted by molar-refractivity contribution is 0.321. The fourth-order valence-corrected chi connectivity index (χ4v) is 2.95. The maximum atomic E-state index is 6.08. The Morgan fingerprint density at radius 2 is 1.95 bits per heavy atom. The van der Waals surface area contributed by atoms with Crippen LogP contribution >= 0.6 is 0 Å². The van der Waals surface area contributed by atoms with Crippen LogP contribution in [0, 0.1) is 11.8 Å². The van der Waals surface area contributed by atoms with Gasteiger partial charge in [-0.05, 0) is 31.1 Å². The summed E-state index contributed by atoms with van der Waals surface area (Å²) < 4.78 is 5.36. The van der Waals surface area contributed by atoms with E-state index in [0.717, 1.165) is 18.2 Å². The summed E-state index contributed by atoms with van der Waals surface area (Å²) in [4.78, 5) is 4.55. The highest BCUT2D eigenvalue weighted by molar-refractivity contribution is 4.98. The van der Waals surface area contributed by atoms with Crippen molar-refractivity contribution in [3.63, 3.8) is 0 Å². The minimum Gasteiger partial charge on any atom is -0.339 e. The molecule has 1 aromatic heterocycles. The largest absolute Gasteiger partial charge is 0.339 e. The van der Waals surface area contributed by atoms with Crippen molar-refractivity contribution < 1.29 is 4.52 Å². The fraction of sp³-hybridized carbons (Fsp3) is 0.867. The molecule has 0 spiro atoms. The predicted molar refractivity (Wildman–Crippen MR) is 75.8 cm³/mol. The molecule has 0 amide bonds. The number of aromatic nitrogens is 2. The second-order valence-corrected chi connectivity index (χ2v) is 6.60. The number of hydrogen-bond donors (Lipinski definition) is 1. The zero-order chi connectivity index (χ0) is 13.8. The first-order chi connectivity index (χ1) is 9.04. The molecule has 0 aliphatic heterocycles. The van der Waals surface area contributed by atoms with Gasteiger partial charge < -0.3 is 10.3 Å². The Morgan fingerprint density at radius 3 is 2.58 bits per heavy atom. The van der Waals surface area contributed by atoms with Crippen molar-refractivity contribution in [2.24, 2.45) is 17.6 Å². The van der Waals surface area contributed by atoms with Crippen molar-refractivity contribution in [1.29, 1.82) is 0 Å². The molecular weight excluding hydrogens is 238 g/mol. The third kappa shape index (κ3) is 4.30. The molecule has 1 fully saturated rings. The summed E-state index contributed by atoms with van der Waals surface area (Å²) in [7, 11) is 0. The second-order valence-electron chi connectivity index (χ2n) is 6.60. The minimum absolute atomic E-state index is 0.125. The second kappa shape index (κ2) is 6.51. The Hall–Kier alpha value is -0.900. The van der Waals surface area contributed by atoms with E-state index in [1.165, 1.54) is 25.7 Å². The molecule has 0 saturated heterocycles. The molecule has 4 nitrogen and oxygen atoms in total. The molecule has 1 aliphatic carbocycles. The van der Waals surface area contributed by atoms with Crippen LogP contribution in [0.1, 0.15) is 70.5 Å². The average Bonchev–Trinajstić information content (AvgIpc) is 2.77. The van der Waals surface area contributed by atoms with E-state index in [0.29, 0.717) is 24.1 Å². The van der Waals surface area contributed by atoms with Gasteiger partial charge >= 0.3 is 0 Å². The van der Waals surface area contributed by atoms with Crippen molar-refractivity contribution in [2.75, 3.05) is 0 Å². The molecule has 1 aromatic rings. The molecule has 19 heavy (non-hydrogen) atoms. The number of nitrogens with zero attached hydrogens (tertiary/aromatic N) is 2. The average molecular weight is 265 g/mol. The number of rotatable bonds is 5. The molecule has 0 radical (unpaired) electrons. The minimum atomic E-state index is 0.125. The quantitative estimate of drug-likeness (QED) is 0.887. The summed E-state index contributed by atoms with van der Waals surface area (Å²) in [5.74, 6) is 3.56. The third-order valence-electron chi connectivity index (χ3n) is 4.08. The van der Waals surface area contributed by atoms with Gasteiger partial charge in [0, 0.05) is 18.4 Å². The topological polar surface area (TPSA) is 64.9 Å². The van der Waals surface area contributed by atoms with E-state index < -0.39 is 0 Å². The van der Waals surface area contributed by atoms with E-state index in [-0.39, 0.29) is 6.04 Å². The highest BCUT2D eigenvalue weighted by Crippen LogP contribution is 2.34. The van der Waals surface area contributed by atoms with Crippen LogP contribution < -0.4 is 5.73 Å². The maximum Gasteiger partial charge on any atom is 0.228 e. The zero-order valence-electron chi connectivity index (χ0n) is 12.4. The molecule has 4 heteroatoms. The van der Waals surface area contributed by atoms with Gasteiger partial charge in [-0.15, -0.1) is 0 Å². The van der Waals surface area contributed by atoms with E-state index >= 15 is 0 Å². The van der Waals surface area contributed by atoms with Crippen LogP contribution in [0.25, 0.3) is 0 Å². The SMILES string of the molecule is CC(C)CC(N)Cc1nc(C2CCC(C)CC2)no1. The highest BCUT2D eigenvalue weighted by Gasteiger charge is 2.24. The van der Waals surface area contributed by atoms with Gasteiger partial charge in [-0.3, -0.25) is 0 Å². The first-order valence-corrected chi connectivity index (χ1v) is 7.62. The van der Waals surface area contributed by atoms with E-state index in [2.05, 4.69) is 30.9 Å². The van der Waals surface area contributed by atoms with Crippen LogP contribution in [-0.2, 0) is 6.42 Å². The smallest absolute Gasteiger partial charge is 0.228 e. The van der Waals surface area contributed by atoms with Crippen LogP contribution in [0.4, 0.5) is 0 Å². The van der Waals surface area contributed by atoms with Gasteiger partial charge in [-0.25, -0.2) is 0 Å². The van der Waals surface area contributed by atoms with Crippen LogP contribution in [0.5, 0.6) is 0 Å². The van der Waals surface area contributed by atoms with Gasteiger partial charge in [0.25, 0.3) is 0 Å². The summed E-state index contributed by atoms with van der Waals surface area (Å²) >= 11 is 0. The summed E-state index contributed by atoms with van der Waals surface area (Å²) in [6.07, 6.45) is 6.64. The Kier molecular flexibility index (Phi) is 4.97. The molecule has 0 aromatic carbocycles. The van der Waals surface area contributed by atoms with Gasteiger partial charge in [0.15, 0.2) is 5.82 Å². The molecule has 1 atom stereocenters. The van der Waals surface area contributed by atoms with Crippen LogP contribution in [0.2, 0.25) is 0 Å². The Morgan fingerprint density at radius 1 is 1.26 bits per heavy atom. The molecule has 108 valence electrons. The Labute approximate surface area is 116 Å². The van der Waals surface area contributed by atoms with Gasteiger partial charge in [0.2, 0.25) is 5.89 Å². The molecule has 1 unspecified atom stereocenters. The summed E-state index contributed by atoms with van der Waals surface area (Å²) in [5.41, 5.74) is 6.08. The van der Waals surface area contributed by atoms with Crippen molar-refractivity contribution in [1.82, 2.24) is 10.1 Å². The Balaban J connectivity index is 1.88. The van der Waals surface area contributed by atoms with Gasteiger partial charge in [-0.1, -0.05) is 38.8 Å². The highest BCUT2D eigenvalue weighted by atomic mass is 16.5. The maximum absolute atomic E-state index is 6.08. The van der Waals surface area contributed by atoms with Crippen LogP contribution in [0.3, 0.4) is 0 Å². The molecular formula is C15H27N3O. The number of hydrogen-bond acceptors (Lipinski definition) is 4. The molecule has 1 saturated carbocycles. The summed E-state index contributed by atoms with van der Waals surface area (Å²) in [5, 5.41) is 4.16. The standard InChI is InChI=1S/C15H27N3O/c1-10(2)8-13(16)9-14-17-15(18-19-14)12-6-4-11(3)5-7-12/h10-13H,4-9,16H2,1-3H3. The van der Waals surface area contributed by atoms with Crippen molar-refractivity contribution >= 4 is 0 Å². The van der Waals surface area contributed by atoms with Crippen LogP contribution in [0.15, 0.2) is 4.52 Å². The fourth-order valence-electron chi connectivity index (χ4n) is 2.95. The summed E-state index contributed by atoms with van der Waals surface area (Å²) in [6.45, 7) is 6.69. The summed E-state index contributed by atoms with van der Waals surface area (Å²) in [6, 6.07) is 0.125. The third-order valence-corrected chi connectivity index (χ3v) is 4.08. The van der Waals surface area contributed by atoms with Crippen molar-refractivity contribution in [3.05, 3.63) is 11.7 Å². The van der Waals surface area contributed by atoms with Gasteiger partial charge in [0.05, 0.1) is 0 Å². The van der Waals surface area contributed by atoms with Gasteiger partial charge in [0.1, 0.15) is 0 Å². The lowest BCUT2D eigenvalue weighted by atomic mass is 9.83.